The van der Waals surface area contributed by atoms with Crippen molar-refractivity contribution < 1.29 is 32.6 Å². The largest absolute Gasteiger partial charge is 0.486 e. The van der Waals surface area contributed by atoms with Gasteiger partial charge in [-0.1, -0.05) is 36.4 Å². The van der Waals surface area contributed by atoms with Crippen LogP contribution in [0.4, 0.5) is 8.78 Å². The zero-order valence-corrected chi connectivity index (χ0v) is 18.8. The zero-order chi connectivity index (χ0) is 24.9. The second-order valence-electron chi connectivity index (χ2n) is 7.37. The van der Waals surface area contributed by atoms with Gasteiger partial charge in [-0.15, -0.1) is 0 Å². The number of ether oxygens (including phenoxy) is 3. The van der Waals surface area contributed by atoms with E-state index in [1.807, 2.05) is 0 Å². The first-order valence-electron chi connectivity index (χ1n) is 10.4. The fraction of sp³-hybridized carbons (Fsp3) is 0.115. The molecule has 0 aliphatic rings. The Morgan fingerprint density at radius 3 is 2.34 bits per heavy atom. The second kappa shape index (κ2) is 10.2. The van der Waals surface area contributed by atoms with E-state index >= 15 is 0 Å². The minimum atomic E-state index is -0.772. The highest BCUT2D eigenvalue weighted by molar-refractivity contribution is 6.06. The van der Waals surface area contributed by atoms with Gasteiger partial charge in [-0.05, 0) is 35.9 Å². The van der Waals surface area contributed by atoms with E-state index in [9.17, 15) is 18.4 Å². The number of esters is 2. The van der Waals surface area contributed by atoms with Crippen LogP contribution in [0.2, 0.25) is 0 Å². The molecule has 0 unspecified atom stereocenters. The molecular weight excluding hydrogens is 458 g/mol. The zero-order valence-electron chi connectivity index (χ0n) is 18.8. The summed E-state index contributed by atoms with van der Waals surface area (Å²) >= 11 is 0. The maximum Gasteiger partial charge on any atom is 0.357 e. The molecular formula is C26H20F2N2O5. The van der Waals surface area contributed by atoms with Gasteiger partial charge in [0, 0.05) is 11.6 Å². The standard InChI is InChI=1S/C26H20F2N2O5/c1-33-25(31)22-23(29-30(24(22)26(32)34-2)19-9-4-3-5-10-19)17-8-6-7-16(13-17)15-35-21-14-18(27)11-12-20(21)28/h3-14H,15H2,1-2H3. The van der Waals surface area contributed by atoms with Crippen molar-refractivity contribution in [2.24, 2.45) is 0 Å². The van der Waals surface area contributed by atoms with E-state index < -0.39 is 23.6 Å². The van der Waals surface area contributed by atoms with E-state index in [4.69, 9.17) is 14.2 Å². The van der Waals surface area contributed by atoms with Gasteiger partial charge in [0.2, 0.25) is 0 Å². The highest BCUT2D eigenvalue weighted by Crippen LogP contribution is 2.30. The molecule has 1 aromatic heterocycles. The highest BCUT2D eigenvalue weighted by Gasteiger charge is 2.31. The lowest BCUT2D eigenvalue weighted by Crippen LogP contribution is -2.15. The number of carbonyl (C=O) groups is 2. The van der Waals surface area contributed by atoms with E-state index in [1.165, 1.54) is 18.9 Å². The van der Waals surface area contributed by atoms with Gasteiger partial charge in [-0.3, -0.25) is 0 Å². The predicted molar refractivity (Wildman–Crippen MR) is 122 cm³/mol. The summed E-state index contributed by atoms with van der Waals surface area (Å²) in [6.45, 7) is -0.0783. The Morgan fingerprint density at radius 2 is 1.63 bits per heavy atom. The van der Waals surface area contributed by atoms with Crippen molar-refractivity contribution in [3.05, 3.63) is 101 Å². The van der Waals surface area contributed by atoms with Crippen LogP contribution in [0.25, 0.3) is 16.9 Å². The molecule has 0 saturated heterocycles. The molecule has 0 fully saturated rings. The van der Waals surface area contributed by atoms with Crippen LogP contribution in [0, 0.1) is 11.6 Å². The van der Waals surface area contributed by atoms with E-state index in [0.717, 1.165) is 18.2 Å². The lowest BCUT2D eigenvalue weighted by molar-refractivity contribution is 0.0549. The Hall–Kier alpha value is -4.53. The van der Waals surface area contributed by atoms with Crippen LogP contribution in [0.5, 0.6) is 5.75 Å². The van der Waals surface area contributed by atoms with Gasteiger partial charge in [-0.2, -0.15) is 5.10 Å². The van der Waals surface area contributed by atoms with Crippen molar-refractivity contribution in [2.45, 2.75) is 6.61 Å². The fourth-order valence-electron chi connectivity index (χ4n) is 3.51. The van der Waals surface area contributed by atoms with E-state index in [2.05, 4.69) is 5.10 Å². The number of nitrogens with zero attached hydrogens (tertiary/aromatic N) is 2. The van der Waals surface area contributed by atoms with Crippen molar-refractivity contribution in [3.8, 4) is 22.7 Å². The lowest BCUT2D eigenvalue weighted by atomic mass is 10.0. The van der Waals surface area contributed by atoms with E-state index in [0.29, 0.717) is 16.8 Å². The molecule has 9 heteroatoms. The Kier molecular flexibility index (Phi) is 6.86. The summed E-state index contributed by atoms with van der Waals surface area (Å²) in [7, 11) is 2.40. The first-order valence-corrected chi connectivity index (χ1v) is 10.4. The summed E-state index contributed by atoms with van der Waals surface area (Å²) in [4.78, 5) is 25.5. The minimum Gasteiger partial charge on any atom is -0.486 e. The quantitative estimate of drug-likeness (QED) is 0.349. The number of methoxy groups -OCH3 is 2. The summed E-state index contributed by atoms with van der Waals surface area (Å²) in [6, 6.07) is 18.5. The number of rotatable bonds is 7. The van der Waals surface area contributed by atoms with Crippen molar-refractivity contribution in [1.82, 2.24) is 9.78 Å². The SMILES string of the molecule is COC(=O)c1c(-c2cccc(COc3cc(F)ccc3F)c2)nn(-c2ccccc2)c1C(=O)OC. The number of aromatic nitrogens is 2. The molecule has 0 spiro atoms. The average Bonchev–Trinajstić information content (AvgIpc) is 3.30. The second-order valence-corrected chi connectivity index (χ2v) is 7.37. The van der Waals surface area contributed by atoms with Crippen molar-refractivity contribution >= 4 is 11.9 Å². The third kappa shape index (κ3) is 4.89. The Morgan fingerprint density at radius 1 is 0.886 bits per heavy atom. The first-order chi connectivity index (χ1) is 16.9. The van der Waals surface area contributed by atoms with Crippen molar-refractivity contribution in [1.29, 1.82) is 0 Å². The number of carbonyl (C=O) groups excluding carboxylic acids is 2. The maximum atomic E-state index is 13.9. The highest BCUT2D eigenvalue weighted by atomic mass is 19.1. The summed E-state index contributed by atoms with van der Waals surface area (Å²) in [5.41, 5.74) is 1.62. The molecule has 0 amide bonds. The van der Waals surface area contributed by atoms with Crippen LogP contribution in [0.1, 0.15) is 26.4 Å². The van der Waals surface area contributed by atoms with Crippen LogP contribution in [0.15, 0.2) is 72.8 Å². The number of hydrogen-bond donors (Lipinski definition) is 0. The monoisotopic (exact) mass is 478 g/mol. The van der Waals surface area contributed by atoms with Gasteiger partial charge in [0.05, 0.1) is 19.9 Å². The Labute approximate surface area is 199 Å². The molecule has 4 rings (SSSR count). The van der Waals surface area contributed by atoms with Gasteiger partial charge in [0.1, 0.15) is 23.7 Å². The topological polar surface area (TPSA) is 79.7 Å². The molecule has 0 radical (unpaired) electrons. The van der Waals surface area contributed by atoms with Crippen LogP contribution < -0.4 is 4.74 Å². The molecule has 0 saturated carbocycles. The Bertz CT molecular complexity index is 1390. The predicted octanol–water partition coefficient (Wildman–Crippen LogP) is 4.97. The maximum absolute atomic E-state index is 13.9. The van der Waals surface area contributed by atoms with Crippen LogP contribution in [-0.4, -0.2) is 35.9 Å². The average molecular weight is 478 g/mol. The van der Waals surface area contributed by atoms with Gasteiger partial charge >= 0.3 is 11.9 Å². The summed E-state index contributed by atoms with van der Waals surface area (Å²) in [5, 5.41) is 4.54. The molecule has 0 bridgehead atoms. The molecule has 0 aliphatic carbocycles. The van der Waals surface area contributed by atoms with Gasteiger partial charge in [-0.25, -0.2) is 23.1 Å². The normalized spacial score (nSPS) is 10.6. The molecule has 4 aromatic rings. The number of benzene rings is 3. The molecule has 35 heavy (non-hydrogen) atoms. The van der Waals surface area contributed by atoms with Crippen LogP contribution in [0.3, 0.4) is 0 Å². The van der Waals surface area contributed by atoms with Crippen LogP contribution >= 0.6 is 0 Å². The number of halogens is 2. The van der Waals surface area contributed by atoms with E-state index in [-0.39, 0.29) is 29.3 Å². The molecule has 0 aliphatic heterocycles. The fourth-order valence-corrected chi connectivity index (χ4v) is 3.51. The molecule has 7 nitrogen and oxygen atoms in total. The summed E-state index contributed by atoms with van der Waals surface area (Å²) in [6.07, 6.45) is 0. The molecule has 3 aromatic carbocycles. The van der Waals surface area contributed by atoms with Crippen molar-refractivity contribution in [2.75, 3.05) is 14.2 Å². The van der Waals surface area contributed by atoms with Gasteiger partial charge in [0.25, 0.3) is 0 Å². The molecule has 0 N–H and O–H groups in total. The smallest absolute Gasteiger partial charge is 0.357 e. The number of para-hydroxylation sites is 1. The minimum absolute atomic E-state index is 0.0718. The molecule has 1 heterocycles. The van der Waals surface area contributed by atoms with Gasteiger partial charge in [0.15, 0.2) is 17.3 Å². The van der Waals surface area contributed by atoms with E-state index in [1.54, 1.807) is 54.6 Å². The third-order valence-electron chi connectivity index (χ3n) is 5.14. The molecule has 0 atom stereocenters. The summed E-state index contributed by atoms with van der Waals surface area (Å²) < 4.78 is 44.0. The first kappa shape index (κ1) is 23.6. The van der Waals surface area contributed by atoms with Crippen molar-refractivity contribution in [3.63, 3.8) is 0 Å². The summed E-state index contributed by atoms with van der Waals surface area (Å²) in [5.74, 6) is -3.09. The Balaban J connectivity index is 1.79. The lowest BCUT2D eigenvalue weighted by Gasteiger charge is -2.09. The number of hydrogen-bond acceptors (Lipinski definition) is 6. The third-order valence-corrected chi connectivity index (χ3v) is 5.14. The van der Waals surface area contributed by atoms with Gasteiger partial charge < -0.3 is 14.2 Å². The van der Waals surface area contributed by atoms with Crippen LogP contribution in [-0.2, 0) is 16.1 Å². The molecule has 178 valence electrons.